The normalized spacial score (nSPS) is 25.0. The van der Waals surface area contributed by atoms with Gasteiger partial charge in [0, 0.05) is 12.7 Å². The maximum absolute atomic E-state index is 12.3. The Morgan fingerprint density at radius 1 is 1.48 bits per heavy atom. The van der Waals surface area contributed by atoms with E-state index in [0.29, 0.717) is 25.2 Å². The van der Waals surface area contributed by atoms with Crippen LogP contribution in [0.25, 0.3) is 0 Å². The molecule has 4 amide bonds. The van der Waals surface area contributed by atoms with E-state index in [-0.39, 0.29) is 24.9 Å². The van der Waals surface area contributed by atoms with Crippen molar-refractivity contribution in [2.45, 2.75) is 24.9 Å². The van der Waals surface area contributed by atoms with Crippen LogP contribution in [0.5, 0.6) is 0 Å². The number of carbonyl (C=O) groups excluding carboxylic acids is 3. The second-order valence-electron chi connectivity index (χ2n) is 5.35. The number of nitrogens with zero attached hydrogens (tertiary/aromatic N) is 3. The first-order valence-corrected chi connectivity index (χ1v) is 6.69. The molecule has 112 valence electrons. The fraction of sp³-hybridized carbons (Fsp3) is 0.500. The quantitative estimate of drug-likeness (QED) is 0.583. The van der Waals surface area contributed by atoms with Gasteiger partial charge in [0.25, 0.3) is 5.91 Å². The van der Waals surface area contributed by atoms with E-state index in [4.69, 9.17) is 5.73 Å². The molecule has 21 heavy (non-hydrogen) atoms. The van der Waals surface area contributed by atoms with Crippen LogP contribution >= 0.6 is 0 Å². The Labute approximate surface area is 120 Å². The Kier molecular flexibility index (Phi) is 3.04. The predicted molar refractivity (Wildman–Crippen MR) is 71.9 cm³/mol. The molecule has 2 aliphatic heterocycles. The molecule has 0 radical (unpaired) electrons. The lowest BCUT2D eigenvalue weighted by molar-refractivity contribution is -0.136. The zero-order valence-corrected chi connectivity index (χ0v) is 11.3. The molecule has 3 rings (SSSR count). The third-order valence-electron chi connectivity index (χ3n) is 3.82. The summed E-state index contributed by atoms with van der Waals surface area (Å²) in [7, 11) is 0. The molecule has 9 heteroatoms. The Morgan fingerprint density at radius 2 is 2.29 bits per heavy atom. The highest BCUT2D eigenvalue weighted by Gasteiger charge is 2.49. The molecule has 2 saturated heterocycles. The Morgan fingerprint density at radius 3 is 2.90 bits per heavy atom. The zero-order chi connectivity index (χ0) is 15.0. The highest BCUT2D eigenvalue weighted by molar-refractivity contribution is 6.07. The van der Waals surface area contributed by atoms with E-state index in [1.807, 2.05) is 0 Å². The monoisotopic (exact) mass is 292 g/mol. The van der Waals surface area contributed by atoms with Crippen molar-refractivity contribution >= 4 is 23.7 Å². The van der Waals surface area contributed by atoms with E-state index in [1.165, 1.54) is 4.68 Å². The molecule has 0 aromatic carbocycles. The van der Waals surface area contributed by atoms with E-state index < -0.39 is 11.6 Å². The number of nitrogens with one attached hydrogen (secondary N) is 2. The third-order valence-corrected chi connectivity index (χ3v) is 3.82. The number of nitrogens with two attached hydrogens (primary N) is 1. The minimum Gasteiger partial charge on any atom is -0.382 e. The molecular weight excluding hydrogens is 276 g/mol. The first kappa shape index (κ1) is 13.4. The molecule has 1 atom stereocenters. The number of aromatic nitrogens is 2. The SMILES string of the molecule is Nc1ccn(CC(=O)N2CCCC3(C2)NC(=O)NC3=O)n1. The Hall–Kier alpha value is -2.58. The van der Waals surface area contributed by atoms with Gasteiger partial charge in [-0.1, -0.05) is 0 Å². The molecule has 0 bridgehead atoms. The van der Waals surface area contributed by atoms with Crippen molar-refractivity contribution < 1.29 is 14.4 Å². The summed E-state index contributed by atoms with van der Waals surface area (Å²) in [4.78, 5) is 37.1. The van der Waals surface area contributed by atoms with E-state index in [1.54, 1.807) is 17.2 Å². The van der Waals surface area contributed by atoms with E-state index in [9.17, 15) is 14.4 Å². The number of carbonyl (C=O) groups is 3. The number of hydrogen-bond donors (Lipinski definition) is 3. The smallest absolute Gasteiger partial charge is 0.322 e. The van der Waals surface area contributed by atoms with Crippen molar-refractivity contribution in [3.8, 4) is 0 Å². The van der Waals surface area contributed by atoms with Gasteiger partial charge >= 0.3 is 6.03 Å². The van der Waals surface area contributed by atoms with E-state index in [2.05, 4.69) is 15.7 Å². The van der Waals surface area contributed by atoms with Gasteiger partial charge < -0.3 is 16.0 Å². The summed E-state index contributed by atoms with van der Waals surface area (Å²) in [5.41, 5.74) is 4.51. The topological polar surface area (TPSA) is 122 Å². The number of rotatable bonds is 2. The lowest BCUT2D eigenvalue weighted by atomic mass is 9.89. The third kappa shape index (κ3) is 2.41. The number of hydrogen-bond acceptors (Lipinski definition) is 5. The van der Waals surface area contributed by atoms with E-state index >= 15 is 0 Å². The molecule has 1 unspecified atom stereocenters. The molecule has 0 saturated carbocycles. The summed E-state index contributed by atoms with van der Waals surface area (Å²) in [5.74, 6) is -0.181. The van der Waals surface area contributed by atoms with Gasteiger partial charge in [0.15, 0.2) is 0 Å². The minimum atomic E-state index is -0.992. The second-order valence-corrected chi connectivity index (χ2v) is 5.35. The van der Waals surface area contributed by atoms with Crippen molar-refractivity contribution in [2.75, 3.05) is 18.8 Å². The number of amides is 4. The highest BCUT2D eigenvalue weighted by Crippen LogP contribution is 2.24. The van der Waals surface area contributed by atoms with Gasteiger partial charge in [-0.15, -0.1) is 0 Å². The van der Waals surface area contributed by atoms with Crippen LogP contribution in [0.1, 0.15) is 12.8 Å². The zero-order valence-electron chi connectivity index (χ0n) is 11.3. The van der Waals surface area contributed by atoms with Crippen molar-refractivity contribution in [3.05, 3.63) is 12.3 Å². The summed E-state index contributed by atoms with van der Waals surface area (Å²) >= 11 is 0. The van der Waals surface area contributed by atoms with Crippen LogP contribution in [-0.4, -0.2) is 51.2 Å². The number of urea groups is 1. The molecule has 9 nitrogen and oxygen atoms in total. The van der Waals surface area contributed by atoms with Gasteiger partial charge in [0.05, 0.1) is 6.54 Å². The molecule has 3 heterocycles. The lowest BCUT2D eigenvalue weighted by Gasteiger charge is -2.38. The first-order valence-electron chi connectivity index (χ1n) is 6.69. The lowest BCUT2D eigenvalue weighted by Crippen LogP contribution is -2.60. The Balaban J connectivity index is 1.70. The average molecular weight is 292 g/mol. The van der Waals surface area contributed by atoms with Crippen LogP contribution in [-0.2, 0) is 16.1 Å². The summed E-state index contributed by atoms with van der Waals surface area (Å²) in [5, 5.41) is 8.82. The van der Waals surface area contributed by atoms with Gasteiger partial charge in [-0.05, 0) is 18.9 Å². The first-order chi connectivity index (χ1) is 9.98. The van der Waals surface area contributed by atoms with Crippen LogP contribution in [0.2, 0.25) is 0 Å². The number of anilines is 1. The van der Waals surface area contributed by atoms with Gasteiger partial charge in [0.1, 0.15) is 17.9 Å². The van der Waals surface area contributed by atoms with Crippen LogP contribution in [0.15, 0.2) is 12.3 Å². The van der Waals surface area contributed by atoms with Gasteiger partial charge in [-0.25, -0.2) is 4.79 Å². The standard InChI is InChI=1S/C12H16N6O3/c13-8-2-5-18(16-8)6-9(19)17-4-1-3-12(7-17)10(20)14-11(21)15-12/h2,5H,1,3-4,6-7H2,(H2,13,16)(H2,14,15,20,21). The molecule has 1 spiro atoms. The summed E-state index contributed by atoms with van der Waals surface area (Å²) in [6.07, 6.45) is 2.81. The molecular formula is C12H16N6O3. The average Bonchev–Trinajstić information content (AvgIpc) is 2.94. The fourth-order valence-corrected chi connectivity index (χ4v) is 2.79. The van der Waals surface area contributed by atoms with Crippen LogP contribution < -0.4 is 16.4 Å². The summed E-state index contributed by atoms with van der Waals surface area (Å²) in [6.45, 7) is 0.795. The summed E-state index contributed by atoms with van der Waals surface area (Å²) < 4.78 is 1.45. The number of nitrogen functional groups attached to an aromatic ring is 1. The molecule has 0 aliphatic carbocycles. The summed E-state index contributed by atoms with van der Waals surface area (Å²) in [6, 6.07) is 1.10. The van der Waals surface area contributed by atoms with Gasteiger partial charge in [-0.3, -0.25) is 19.6 Å². The maximum atomic E-state index is 12.3. The molecule has 2 fully saturated rings. The molecule has 1 aromatic rings. The molecule has 4 N–H and O–H groups in total. The minimum absolute atomic E-state index is 0.0584. The predicted octanol–water partition coefficient (Wildman–Crippen LogP) is -1.33. The van der Waals surface area contributed by atoms with Gasteiger partial charge in [-0.2, -0.15) is 5.10 Å². The molecule has 2 aliphatic rings. The van der Waals surface area contributed by atoms with E-state index in [0.717, 1.165) is 0 Å². The van der Waals surface area contributed by atoms with Gasteiger partial charge in [0.2, 0.25) is 5.91 Å². The number of imide groups is 1. The van der Waals surface area contributed by atoms with Crippen molar-refractivity contribution in [1.82, 2.24) is 25.3 Å². The van der Waals surface area contributed by atoms with Crippen molar-refractivity contribution in [2.24, 2.45) is 0 Å². The van der Waals surface area contributed by atoms with Crippen LogP contribution in [0.3, 0.4) is 0 Å². The van der Waals surface area contributed by atoms with Crippen molar-refractivity contribution in [1.29, 1.82) is 0 Å². The van der Waals surface area contributed by atoms with Crippen molar-refractivity contribution in [3.63, 3.8) is 0 Å². The number of piperidine rings is 1. The fourth-order valence-electron chi connectivity index (χ4n) is 2.79. The maximum Gasteiger partial charge on any atom is 0.322 e. The Bertz CT molecular complexity index is 612. The largest absolute Gasteiger partial charge is 0.382 e. The second kappa shape index (κ2) is 4.76. The number of likely N-dealkylation sites (tertiary alicyclic amines) is 1. The highest BCUT2D eigenvalue weighted by atomic mass is 16.2. The van der Waals surface area contributed by atoms with Crippen LogP contribution in [0, 0.1) is 0 Å². The van der Waals surface area contributed by atoms with Crippen LogP contribution in [0.4, 0.5) is 10.6 Å². The molecule has 1 aromatic heterocycles.